The molecule has 0 saturated heterocycles. The van der Waals surface area contributed by atoms with E-state index in [1.165, 1.54) is 30.4 Å². The smallest absolute Gasteiger partial charge is 0.375 e. The molecule has 0 aromatic carbocycles. The van der Waals surface area contributed by atoms with Gasteiger partial charge in [0.2, 0.25) is 0 Å². The van der Waals surface area contributed by atoms with Gasteiger partial charge in [0, 0.05) is 6.54 Å². The van der Waals surface area contributed by atoms with Gasteiger partial charge in [-0.2, -0.15) is 0 Å². The highest BCUT2D eigenvalue weighted by atomic mass is 16.4. The van der Waals surface area contributed by atoms with Gasteiger partial charge in [-0.15, -0.1) is 5.10 Å². The third kappa shape index (κ3) is 4.01. The number of carboxylic acid groups (broad SMARTS) is 1. The van der Waals surface area contributed by atoms with Crippen molar-refractivity contribution in [2.45, 2.75) is 111 Å². The molecule has 0 spiro atoms. The molecular weight excluding hydrogens is 456 g/mol. The summed E-state index contributed by atoms with van der Waals surface area (Å²) >= 11 is 0. The number of aliphatic hydroxyl groups is 2. The Labute approximate surface area is 215 Å². The SMILES string of the molecule is CC[C@H]1[C@@H](O)C2C3CC[C@H]([C@H](C)CCCn4nnnc4C(=O)O)C3(C)CCC2[C@@]2(C)CC[C@@H](O)C[C@@H]12. The summed E-state index contributed by atoms with van der Waals surface area (Å²) < 4.78 is 1.40. The molecule has 202 valence electrons. The highest BCUT2D eigenvalue weighted by Crippen LogP contribution is 2.69. The lowest BCUT2D eigenvalue weighted by atomic mass is 9.41. The van der Waals surface area contributed by atoms with Gasteiger partial charge in [-0.05, 0) is 120 Å². The van der Waals surface area contributed by atoms with Crippen LogP contribution in [0.4, 0.5) is 0 Å². The number of carbonyl (C=O) groups is 1. The quantitative estimate of drug-likeness (QED) is 0.505. The van der Waals surface area contributed by atoms with E-state index in [2.05, 4.69) is 43.2 Å². The summed E-state index contributed by atoms with van der Waals surface area (Å²) in [4.78, 5) is 11.3. The van der Waals surface area contributed by atoms with Crippen molar-refractivity contribution >= 4 is 5.97 Å². The van der Waals surface area contributed by atoms with Crippen LogP contribution in [0.3, 0.4) is 0 Å². The van der Waals surface area contributed by atoms with Gasteiger partial charge in [0.15, 0.2) is 0 Å². The average Bonchev–Trinajstić information content (AvgIpc) is 3.44. The van der Waals surface area contributed by atoms with E-state index in [0.717, 1.165) is 38.5 Å². The second-order valence-electron chi connectivity index (χ2n) is 13.3. The maximum absolute atomic E-state index is 11.9. The Balaban J connectivity index is 1.30. The minimum atomic E-state index is -1.09. The number of aromatic carboxylic acids is 1. The number of aliphatic hydroxyl groups excluding tert-OH is 2. The van der Waals surface area contributed by atoms with Crippen LogP contribution < -0.4 is 0 Å². The van der Waals surface area contributed by atoms with Crippen molar-refractivity contribution in [1.29, 1.82) is 0 Å². The standard InChI is InChI=1S/C28H46N4O4/c1-5-18-22-15-17(33)10-12-28(22,4)21-11-13-27(3)19(8-9-20(27)23(21)24(18)34)16(2)7-6-14-32-25(26(35)36)29-30-31-32/h16-24,33-34H,5-15H2,1-4H3,(H,35,36)/t16-,17-,18-,19-,20?,21?,22+,23?,24-,27?,28-/m1/s1. The van der Waals surface area contributed by atoms with Crippen LogP contribution in [0.5, 0.6) is 0 Å². The first-order valence-corrected chi connectivity index (χ1v) is 14.5. The highest BCUT2D eigenvalue weighted by Gasteiger charge is 2.64. The van der Waals surface area contributed by atoms with Gasteiger partial charge >= 0.3 is 5.97 Å². The highest BCUT2D eigenvalue weighted by molar-refractivity contribution is 5.82. The minimum absolute atomic E-state index is 0.0901. The van der Waals surface area contributed by atoms with Crippen molar-refractivity contribution in [3.63, 3.8) is 0 Å². The molecule has 4 aliphatic rings. The van der Waals surface area contributed by atoms with Crippen LogP contribution in [0.25, 0.3) is 0 Å². The second kappa shape index (κ2) is 9.64. The van der Waals surface area contributed by atoms with E-state index in [0.29, 0.717) is 48.0 Å². The first-order chi connectivity index (χ1) is 17.1. The number of nitrogens with zero attached hydrogens (tertiary/aromatic N) is 4. The number of rotatable bonds is 7. The zero-order chi connectivity index (χ0) is 25.8. The molecule has 1 heterocycles. The zero-order valence-electron chi connectivity index (χ0n) is 22.5. The number of carboxylic acids is 1. The monoisotopic (exact) mass is 502 g/mol. The fraction of sp³-hybridized carbons (Fsp3) is 0.929. The summed E-state index contributed by atoms with van der Waals surface area (Å²) in [5.41, 5.74) is 0.487. The molecular formula is C28H46N4O4. The summed E-state index contributed by atoms with van der Waals surface area (Å²) in [6.07, 6.45) is 10.2. The summed E-state index contributed by atoms with van der Waals surface area (Å²) in [5, 5.41) is 42.6. The van der Waals surface area contributed by atoms with Crippen molar-refractivity contribution in [2.24, 2.45) is 52.3 Å². The summed E-state index contributed by atoms with van der Waals surface area (Å²) in [5.74, 6) is 2.23. The Morgan fingerprint density at radius 2 is 1.81 bits per heavy atom. The van der Waals surface area contributed by atoms with E-state index < -0.39 is 5.97 Å². The van der Waals surface area contributed by atoms with Gasteiger partial charge in [-0.25, -0.2) is 9.48 Å². The number of aromatic nitrogens is 4. The Hall–Kier alpha value is -1.54. The Morgan fingerprint density at radius 1 is 1.08 bits per heavy atom. The van der Waals surface area contributed by atoms with Crippen molar-refractivity contribution in [2.75, 3.05) is 0 Å². The van der Waals surface area contributed by atoms with Crippen molar-refractivity contribution in [3.05, 3.63) is 5.82 Å². The maximum atomic E-state index is 11.9. The maximum Gasteiger partial charge on any atom is 0.375 e. The molecule has 0 amide bonds. The van der Waals surface area contributed by atoms with Crippen LogP contribution in [-0.4, -0.2) is 53.7 Å². The van der Waals surface area contributed by atoms with Crippen LogP contribution in [-0.2, 0) is 6.54 Å². The van der Waals surface area contributed by atoms with E-state index >= 15 is 0 Å². The predicted molar refractivity (Wildman–Crippen MR) is 135 cm³/mol. The lowest BCUT2D eigenvalue weighted by Crippen LogP contribution is -2.62. The lowest BCUT2D eigenvalue weighted by Gasteiger charge is -2.64. The van der Waals surface area contributed by atoms with Crippen LogP contribution in [0.2, 0.25) is 0 Å². The van der Waals surface area contributed by atoms with Crippen LogP contribution in [0, 0.1) is 52.3 Å². The molecule has 4 saturated carbocycles. The van der Waals surface area contributed by atoms with E-state index in [9.17, 15) is 20.1 Å². The normalized spacial score (nSPS) is 44.9. The molecule has 3 N–H and O–H groups in total. The Kier molecular flexibility index (Phi) is 6.99. The molecule has 0 bridgehead atoms. The summed E-state index contributed by atoms with van der Waals surface area (Å²) in [7, 11) is 0. The van der Waals surface area contributed by atoms with Crippen molar-refractivity contribution < 1.29 is 20.1 Å². The predicted octanol–water partition coefficient (Wildman–Crippen LogP) is 4.41. The van der Waals surface area contributed by atoms with E-state index in [-0.39, 0.29) is 28.9 Å². The largest absolute Gasteiger partial charge is 0.475 e. The van der Waals surface area contributed by atoms with Crippen molar-refractivity contribution in [1.82, 2.24) is 20.2 Å². The third-order valence-electron chi connectivity index (χ3n) is 11.9. The Morgan fingerprint density at radius 3 is 2.53 bits per heavy atom. The zero-order valence-corrected chi connectivity index (χ0v) is 22.5. The van der Waals surface area contributed by atoms with E-state index in [1.807, 2.05) is 0 Å². The third-order valence-corrected chi connectivity index (χ3v) is 11.9. The molecule has 1 aromatic heterocycles. The number of hydrogen-bond acceptors (Lipinski definition) is 6. The molecule has 0 aliphatic heterocycles. The van der Waals surface area contributed by atoms with Gasteiger partial charge in [0.25, 0.3) is 5.82 Å². The molecule has 8 heteroatoms. The molecule has 1 aromatic rings. The van der Waals surface area contributed by atoms with Crippen molar-refractivity contribution in [3.8, 4) is 0 Å². The molecule has 4 unspecified atom stereocenters. The number of hydrogen-bond donors (Lipinski definition) is 3. The lowest BCUT2D eigenvalue weighted by molar-refractivity contribution is -0.203. The summed E-state index contributed by atoms with van der Waals surface area (Å²) in [6.45, 7) is 10.1. The Bertz CT molecular complexity index is 954. The van der Waals surface area contributed by atoms with Gasteiger partial charge in [-0.1, -0.05) is 34.1 Å². The first kappa shape index (κ1) is 26.1. The number of fused-ring (bicyclic) bond motifs is 5. The van der Waals surface area contributed by atoms with Crippen LogP contribution in [0.1, 0.15) is 103 Å². The minimum Gasteiger partial charge on any atom is -0.475 e. The molecule has 4 fully saturated rings. The first-order valence-electron chi connectivity index (χ1n) is 14.5. The molecule has 4 aliphatic carbocycles. The van der Waals surface area contributed by atoms with Crippen LogP contribution >= 0.6 is 0 Å². The van der Waals surface area contributed by atoms with E-state index in [4.69, 9.17) is 0 Å². The fourth-order valence-corrected chi connectivity index (χ4v) is 10.2. The van der Waals surface area contributed by atoms with Gasteiger partial charge in [0.05, 0.1) is 12.2 Å². The number of aryl methyl sites for hydroxylation is 1. The molecule has 0 radical (unpaired) electrons. The van der Waals surface area contributed by atoms with Gasteiger partial charge < -0.3 is 15.3 Å². The molecule has 36 heavy (non-hydrogen) atoms. The average molecular weight is 503 g/mol. The molecule has 5 rings (SSSR count). The van der Waals surface area contributed by atoms with E-state index in [1.54, 1.807) is 0 Å². The fourth-order valence-electron chi connectivity index (χ4n) is 10.2. The summed E-state index contributed by atoms with van der Waals surface area (Å²) in [6, 6.07) is 0. The molecule has 11 atom stereocenters. The number of tetrazole rings is 1. The second-order valence-corrected chi connectivity index (χ2v) is 13.3. The van der Waals surface area contributed by atoms with Crippen LogP contribution in [0.15, 0.2) is 0 Å². The van der Waals surface area contributed by atoms with Gasteiger partial charge in [0.1, 0.15) is 0 Å². The van der Waals surface area contributed by atoms with Gasteiger partial charge in [-0.3, -0.25) is 0 Å². The molecule has 8 nitrogen and oxygen atoms in total. The topological polar surface area (TPSA) is 121 Å².